The third kappa shape index (κ3) is 11.0. The maximum Gasteiger partial charge on any atom is 0.405 e. The highest BCUT2D eigenvalue weighted by atomic mass is 35.5. The number of nitrogens with two attached hydrogens (primary N) is 1. The lowest BCUT2D eigenvalue weighted by Gasteiger charge is -2.24. The van der Waals surface area contributed by atoms with Crippen molar-refractivity contribution in [1.29, 1.82) is 0 Å². The molecule has 0 aliphatic carbocycles. The van der Waals surface area contributed by atoms with Crippen molar-refractivity contribution in [3.05, 3.63) is 29.3 Å². The number of benzene rings is 1. The molecule has 0 fully saturated rings. The molecule has 0 aliphatic rings. The lowest BCUT2D eigenvalue weighted by molar-refractivity contribution is -0.128. The van der Waals surface area contributed by atoms with E-state index in [1.807, 2.05) is 0 Å². The first kappa shape index (κ1) is 29.5. The van der Waals surface area contributed by atoms with Gasteiger partial charge in [0.1, 0.15) is 18.7 Å². The zero-order valence-electron chi connectivity index (χ0n) is 19.7. The molecule has 0 spiro atoms. The van der Waals surface area contributed by atoms with Crippen LogP contribution >= 0.6 is 11.6 Å². The third-order valence-electron chi connectivity index (χ3n) is 4.89. The number of rotatable bonds is 14. The van der Waals surface area contributed by atoms with E-state index in [1.165, 1.54) is 0 Å². The summed E-state index contributed by atoms with van der Waals surface area (Å²) in [6, 6.07) is 2.32. The fourth-order valence-corrected chi connectivity index (χ4v) is 3.39. The van der Waals surface area contributed by atoms with Crippen molar-refractivity contribution >= 4 is 41.2 Å². The minimum atomic E-state index is -1.36. The number of anilines is 1. The molecule has 0 radical (unpaired) electrons. The molecule has 0 aromatic heterocycles. The SMILES string of the molecule is C#CCOCc1cc(NC(=O)C(CCCNC(N)=O)NC(=O)C(NC(=O)O)C(C)C)ccc1CCl. The molecule has 2 atom stereocenters. The Balaban J connectivity index is 3.02. The standard InChI is InChI=1S/C23H32ClN5O6/c1-4-10-35-13-16-11-17(8-7-15(16)12-24)27-20(30)18(6-5-9-26-22(25)32)28-21(31)19(14(2)3)29-23(33)34/h1,7-8,11,14,18-19,29H,5-6,9-10,12-13H2,2-3H3,(H,27,30)(H,28,31)(H,33,34)(H3,25,26,32). The van der Waals surface area contributed by atoms with Crippen molar-refractivity contribution in [3.63, 3.8) is 0 Å². The molecule has 0 heterocycles. The summed E-state index contributed by atoms with van der Waals surface area (Å²) in [4.78, 5) is 47.8. The second-order valence-electron chi connectivity index (χ2n) is 7.97. The quantitative estimate of drug-likeness (QED) is 0.127. The van der Waals surface area contributed by atoms with Gasteiger partial charge in [0.05, 0.1) is 6.61 Å². The van der Waals surface area contributed by atoms with E-state index in [0.29, 0.717) is 12.1 Å². The predicted molar refractivity (Wildman–Crippen MR) is 132 cm³/mol. The zero-order valence-corrected chi connectivity index (χ0v) is 20.5. The Morgan fingerprint density at radius 2 is 1.89 bits per heavy atom. The molecule has 1 aromatic rings. The van der Waals surface area contributed by atoms with Gasteiger partial charge in [-0.1, -0.05) is 25.8 Å². The normalized spacial score (nSPS) is 12.2. The Hall–Kier alpha value is -3.49. The molecule has 35 heavy (non-hydrogen) atoms. The van der Waals surface area contributed by atoms with Crippen molar-refractivity contribution in [2.24, 2.45) is 11.7 Å². The second-order valence-corrected chi connectivity index (χ2v) is 8.24. The number of ether oxygens (including phenoxy) is 1. The number of carboxylic acid groups (broad SMARTS) is 1. The molecular weight excluding hydrogens is 478 g/mol. The summed E-state index contributed by atoms with van der Waals surface area (Å²) in [5.74, 6) is 1.08. The highest BCUT2D eigenvalue weighted by Crippen LogP contribution is 2.19. The molecule has 0 saturated heterocycles. The molecule has 1 rings (SSSR count). The van der Waals surface area contributed by atoms with E-state index in [9.17, 15) is 19.2 Å². The average Bonchev–Trinajstić information content (AvgIpc) is 2.79. The van der Waals surface area contributed by atoms with Crippen LogP contribution in [-0.4, -0.2) is 54.3 Å². The summed E-state index contributed by atoms with van der Waals surface area (Å²) in [7, 11) is 0. The van der Waals surface area contributed by atoms with E-state index in [0.717, 1.165) is 11.1 Å². The first-order chi connectivity index (χ1) is 16.6. The summed E-state index contributed by atoms with van der Waals surface area (Å²) in [5, 5.41) is 19.0. The van der Waals surface area contributed by atoms with Crippen LogP contribution in [0.15, 0.2) is 18.2 Å². The number of carbonyl (C=O) groups is 4. The Bertz CT molecular complexity index is 933. The number of amides is 5. The van der Waals surface area contributed by atoms with Crippen molar-refractivity contribution in [2.45, 2.75) is 51.3 Å². The van der Waals surface area contributed by atoms with Crippen LogP contribution in [0.5, 0.6) is 0 Å². The monoisotopic (exact) mass is 509 g/mol. The maximum atomic E-state index is 13.1. The Morgan fingerprint density at radius 1 is 1.17 bits per heavy atom. The maximum absolute atomic E-state index is 13.1. The largest absolute Gasteiger partial charge is 0.465 e. The predicted octanol–water partition coefficient (Wildman–Crippen LogP) is 1.74. The van der Waals surface area contributed by atoms with Gasteiger partial charge in [-0.05, 0) is 42.0 Å². The smallest absolute Gasteiger partial charge is 0.405 e. The molecule has 7 N–H and O–H groups in total. The lowest BCUT2D eigenvalue weighted by Crippen LogP contribution is -2.54. The number of halogens is 1. The van der Waals surface area contributed by atoms with Crippen LogP contribution in [0, 0.1) is 18.3 Å². The number of nitrogens with one attached hydrogen (secondary N) is 4. The van der Waals surface area contributed by atoms with E-state index in [-0.39, 0.29) is 38.0 Å². The van der Waals surface area contributed by atoms with Crippen LogP contribution in [0.2, 0.25) is 0 Å². The van der Waals surface area contributed by atoms with Gasteiger partial charge in [-0.2, -0.15) is 0 Å². The van der Waals surface area contributed by atoms with Gasteiger partial charge in [0.15, 0.2) is 0 Å². The highest BCUT2D eigenvalue weighted by molar-refractivity contribution is 6.17. The number of primary amides is 1. The molecular formula is C23H32ClN5O6. The topological polar surface area (TPSA) is 172 Å². The van der Waals surface area contributed by atoms with Gasteiger partial charge < -0.3 is 36.8 Å². The van der Waals surface area contributed by atoms with E-state index in [4.69, 9.17) is 33.6 Å². The number of carbonyl (C=O) groups excluding carboxylic acids is 3. The van der Waals surface area contributed by atoms with Crippen molar-refractivity contribution < 1.29 is 29.0 Å². The summed E-state index contributed by atoms with van der Waals surface area (Å²) in [5.41, 5.74) is 7.05. The van der Waals surface area contributed by atoms with E-state index >= 15 is 0 Å². The summed E-state index contributed by atoms with van der Waals surface area (Å²) in [6.07, 6.45) is 4.34. The van der Waals surface area contributed by atoms with Crippen molar-refractivity contribution in [3.8, 4) is 12.3 Å². The van der Waals surface area contributed by atoms with Crippen LogP contribution in [0.3, 0.4) is 0 Å². The van der Waals surface area contributed by atoms with E-state index < -0.39 is 36.0 Å². The lowest BCUT2D eigenvalue weighted by atomic mass is 10.0. The fraction of sp³-hybridized carbons (Fsp3) is 0.478. The summed E-state index contributed by atoms with van der Waals surface area (Å²) < 4.78 is 5.37. The number of hydrogen-bond donors (Lipinski definition) is 6. The van der Waals surface area contributed by atoms with Crippen LogP contribution < -0.4 is 27.0 Å². The number of hydrogen-bond acceptors (Lipinski definition) is 5. The molecule has 0 bridgehead atoms. The van der Waals surface area contributed by atoms with Crippen LogP contribution in [0.25, 0.3) is 0 Å². The Kier molecular flexibility index (Phi) is 13.0. The highest BCUT2D eigenvalue weighted by Gasteiger charge is 2.28. The minimum Gasteiger partial charge on any atom is -0.465 e. The molecule has 2 unspecified atom stereocenters. The second kappa shape index (κ2) is 15.4. The van der Waals surface area contributed by atoms with Gasteiger partial charge >= 0.3 is 12.1 Å². The van der Waals surface area contributed by atoms with Crippen LogP contribution in [-0.2, 0) is 26.8 Å². The Labute approximate surface area is 209 Å². The van der Waals surface area contributed by atoms with E-state index in [2.05, 4.69) is 27.2 Å². The van der Waals surface area contributed by atoms with Gasteiger partial charge in [0.2, 0.25) is 11.8 Å². The van der Waals surface area contributed by atoms with Crippen molar-refractivity contribution in [1.82, 2.24) is 16.0 Å². The first-order valence-corrected chi connectivity index (χ1v) is 11.4. The van der Waals surface area contributed by atoms with Gasteiger partial charge in [0, 0.05) is 18.1 Å². The number of urea groups is 1. The average molecular weight is 510 g/mol. The molecule has 12 heteroatoms. The Morgan fingerprint density at radius 3 is 2.46 bits per heavy atom. The molecule has 1 aromatic carbocycles. The van der Waals surface area contributed by atoms with Crippen molar-refractivity contribution in [2.75, 3.05) is 18.5 Å². The summed E-state index contributed by atoms with van der Waals surface area (Å²) >= 11 is 5.98. The van der Waals surface area contributed by atoms with E-state index in [1.54, 1.807) is 32.0 Å². The van der Waals surface area contributed by atoms with Crippen LogP contribution in [0.1, 0.15) is 37.8 Å². The minimum absolute atomic E-state index is 0.118. The molecule has 5 amide bonds. The number of terminal acetylenes is 1. The van der Waals surface area contributed by atoms with Gasteiger partial charge in [-0.3, -0.25) is 9.59 Å². The van der Waals surface area contributed by atoms with Gasteiger partial charge in [-0.25, -0.2) is 9.59 Å². The third-order valence-corrected chi connectivity index (χ3v) is 5.18. The van der Waals surface area contributed by atoms with Gasteiger partial charge in [-0.15, -0.1) is 18.0 Å². The zero-order chi connectivity index (χ0) is 26.4. The molecule has 0 saturated carbocycles. The molecule has 192 valence electrons. The van der Waals surface area contributed by atoms with Gasteiger partial charge in [0.25, 0.3) is 0 Å². The molecule has 0 aliphatic heterocycles. The number of alkyl halides is 1. The summed E-state index contributed by atoms with van der Waals surface area (Å²) in [6.45, 7) is 3.86. The van der Waals surface area contributed by atoms with Crippen LogP contribution in [0.4, 0.5) is 15.3 Å². The fourth-order valence-electron chi connectivity index (χ4n) is 3.13. The first-order valence-electron chi connectivity index (χ1n) is 10.9. The molecule has 11 nitrogen and oxygen atoms in total.